The number of nitrogens with one attached hydrogen (secondary N) is 1. The molecule has 1 amide bonds. The lowest BCUT2D eigenvalue weighted by Crippen LogP contribution is -2.36. The van der Waals surface area contributed by atoms with Crippen LogP contribution in [-0.2, 0) is 0 Å². The van der Waals surface area contributed by atoms with E-state index >= 15 is 0 Å². The SMILES string of the molecule is COc1cc(C2NC(=O)Oc3ccc4ccccc4c32)ccc1O. The molecule has 2 N–H and O–H groups in total. The first-order chi connectivity index (χ1) is 11.7. The first-order valence-electron chi connectivity index (χ1n) is 7.54. The molecule has 1 aliphatic rings. The van der Waals surface area contributed by atoms with E-state index in [4.69, 9.17) is 9.47 Å². The number of fused-ring (bicyclic) bond motifs is 3. The van der Waals surface area contributed by atoms with Gasteiger partial charge in [0.05, 0.1) is 13.2 Å². The molecule has 1 heterocycles. The number of carbonyl (C=O) groups excluding carboxylic acids is 1. The van der Waals surface area contributed by atoms with Gasteiger partial charge in [-0.05, 0) is 34.5 Å². The van der Waals surface area contributed by atoms with E-state index in [9.17, 15) is 9.90 Å². The normalized spacial score (nSPS) is 16.2. The molecule has 0 aromatic heterocycles. The molecule has 5 heteroatoms. The van der Waals surface area contributed by atoms with Crippen LogP contribution in [0.2, 0.25) is 0 Å². The summed E-state index contributed by atoms with van der Waals surface area (Å²) in [6.45, 7) is 0. The largest absolute Gasteiger partial charge is 0.504 e. The first kappa shape index (κ1) is 14.4. The fourth-order valence-corrected chi connectivity index (χ4v) is 3.11. The van der Waals surface area contributed by atoms with Crippen molar-refractivity contribution >= 4 is 16.9 Å². The molecular formula is C19H15NO4. The Morgan fingerprint density at radius 3 is 2.79 bits per heavy atom. The van der Waals surface area contributed by atoms with Gasteiger partial charge in [-0.3, -0.25) is 0 Å². The lowest BCUT2D eigenvalue weighted by atomic mass is 9.92. The third-order valence-electron chi connectivity index (χ3n) is 4.22. The zero-order valence-electron chi connectivity index (χ0n) is 12.9. The van der Waals surface area contributed by atoms with E-state index in [-0.39, 0.29) is 11.8 Å². The van der Waals surface area contributed by atoms with Gasteiger partial charge in [0.25, 0.3) is 0 Å². The van der Waals surface area contributed by atoms with E-state index in [1.807, 2.05) is 30.3 Å². The zero-order chi connectivity index (χ0) is 16.7. The van der Waals surface area contributed by atoms with Crippen LogP contribution in [-0.4, -0.2) is 18.3 Å². The fourth-order valence-electron chi connectivity index (χ4n) is 3.11. The van der Waals surface area contributed by atoms with Crippen LogP contribution < -0.4 is 14.8 Å². The Morgan fingerprint density at radius 1 is 1.12 bits per heavy atom. The molecular weight excluding hydrogens is 306 g/mol. The second-order valence-corrected chi connectivity index (χ2v) is 5.60. The minimum Gasteiger partial charge on any atom is -0.504 e. The van der Waals surface area contributed by atoms with Crippen molar-refractivity contribution in [2.45, 2.75) is 6.04 Å². The van der Waals surface area contributed by atoms with Gasteiger partial charge in [-0.1, -0.05) is 36.4 Å². The smallest absolute Gasteiger partial charge is 0.413 e. The molecule has 1 unspecified atom stereocenters. The van der Waals surface area contributed by atoms with Crippen LogP contribution in [0.1, 0.15) is 17.2 Å². The second-order valence-electron chi connectivity index (χ2n) is 5.60. The molecule has 3 aromatic rings. The molecule has 0 aliphatic carbocycles. The van der Waals surface area contributed by atoms with Crippen molar-refractivity contribution in [2.24, 2.45) is 0 Å². The van der Waals surface area contributed by atoms with Crippen molar-refractivity contribution in [3.05, 3.63) is 65.7 Å². The molecule has 0 spiro atoms. The molecule has 0 saturated heterocycles. The van der Waals surface area contributed by atoms with Crippen molar-refractivity contribution in [3.8, 4) is 17.2 Å². The van der Waals surface area contributed by atoms with E-state index in [1.54, 1.807) is 24.3 Å². The van der Waals surface area contributed by atoms with Crippen LogP contribution in [0.3, 0.4) is 0 Å². The monoisotopic (exact) mass is 321 g/mol. The number of hydrogen-bond acceptors (Lipinski definition) is 4. The number of phenolic OH excluding ortho intramolecular Hbond substituents is 1. The second kappa shape index (κ2) is 5.45. The minimum absolute atomic E-state index is 0.0535. The van der Waals surface area contributed by atoms with Crippen molar-refractivity contribution in [2.75, 3.05) is 7.11 Å². The number of benzene rings is 3. The molecule has 120 valence electrons. The molecule has 1 aliphatic heterocycles. The van der Waals surface area contributed by atoms with Crippen LogP contribution in [0.15, 0.2) is 54.6 Å². The Bertz CT molecular complexity index is 951. The molecule has 24 heavy (non-hydrogen) atoms. The Balaban J connectivity index is 1.95. The van der Waals surface area contributed by atoms with Crippen LogP contribution in [0.5, 0.6) is 17.2 Å². The highest BCUT2D eigenvalue weighted by atomic mass is 16.6. The summed E-state index contributed by atoms with van der Waals surface area (Å²) in [4.78, 5) is 12.0. The van der Waals surface area contributed by atoms with Gasteiger partial charge in [-0.15, -0.1) is 0 Å². The number of amides is 1. The third-order valence-corrected chi connectivity index (χ3v) is 4.22. The Hall–Kier alpha value is -3.21. The number of phenols is 1. The molecule has 0 saturated carbocycles. The number of rotatable bonds is 2. The maximum Gasteiger partial charge on any atom is 0.413 e. The Labute approximate surface area is 138 Å². The standard InChI is InChI=1S/C19H15NO4/c1-23-16-10-12(6-8-14(16)21)18-17-13-5-3-2-4-11(13)7-9-15(17)24-19(22)20-18/h2-10,18,21H,1H3,(H,20,22). The molecule has 3 aromatic carbocycles. The molecule has 5 nitrogen and oxygen atoms in total. The topological polar surface area (TPSA) is 67.8 Å². The summed E-state index contributed by atoms with van der Waals surface area (Å²) in [6, 6.07) is 16.3. The third kappa shape index (κ3) is 2.22. The summed E-state index contributed by atoms with van der Waals surface area (Å²) in [6.07, 6.45) is -0.505. The Kier molecular flexibility index (Phi) is 3.27. The molecule has 4 rings (SSSR count). The number of hydrogen-bond donors (Lipinski definition) is 2. The highest BCUT2D eigenvalue weighted by Crippen LogP contribution is 2.40. The number of ether oxygens (including phenoxy) is 2. The average Bonchev–Trinajstić information content (AvgIpc) is 2.61. The summed E-state index contributed by atoms with van der Waals surface area (Å²) >= 11 is 0. The average molecular weight is 321 g/mol. The van der Waals surface area contributed by atoms with Crippen molar-refractivity contribution in [1.29, 1.82) is 0 Å². The summed E-state index contributed by atoms with van der Waals surface area (Å²) in [7, 11) is 1.49. The van der Waals surface area contributed by atoms with Crippen molar-refractivity contribution < 1.29 is 19.4 Å². The predicted molar refractivity (Wildman–Crippen MR) is 89.6 cm³/mol. The minimum atomic E-state index is -0.505. The van der Waals surface area contributed by atoms with Crippen LogP contribution in [0, 0.1) is 0 Å². The van der Waals surface area contributed by atoms with Gasteiger partial charge in [0.2, 0.25) is 0 Å². The zero-order valence-corrected chi connectivity index (χ0v) is 12.9. The number of methoxy groups -OCH3 is 1. The van der Waals surface area contributed by atoms with Crippen molar-refractivity contribution in [1.82, 2.24) is 5.32 Å². The van der Waals surface area contributed by atoms with Gasteiger partial charge in [0, 0.05) is 5.56 Å². The van der Waals surface area contributed by atoms with Crippen molar-refractivity contribution in [3.63, 3.8) is 0 Å². The fraction of sp³-hybridized carbons (Fsp3) is 0.105. The van der Waals surface area contributed by atoms with E-state index in [0.29, 0.717) is 11.5 Å². The summed E-state index contributed by atoms with van der Waals surface area (Å²) in [5.74, 6) is 0.947. The highest BCUT2D eigenvalue weighted by molar-refractivity contribution is 5.91. The lowest BCUT2D eigenvalue weighted by molar-refractivity contribution is 0.191. The quantitative estimate of drug-likeness (QED) is 0.754. The maximum absolute atomic E-state index is 12.0. The Morgan fingerprint density at radius 2 is 1.96 bits per heavy atom. The molecule has 0 fully saturated rings. The predicted octanol–water partition coefficient (Wildman–Crippen LogP) is 3.75. The van der Waals surface area contributed by atoms with Gasteiger partial charge in [-0.2, -0.15) is 0 Å². The summed E-state index contributed by atoms with van der Waals surface area (Å²) in [5, 5.41) is 14.7. The van der Waals surface area contributed by atoms with Crippen LogP contribution in [0.25, 0.3) is 10.8 Å². The van der Waals surface area contributed by atoms with E-state index in [2.05, 4.69) is 5.32 Å². The van der Waals surface area contributed by atoms with Crippen LogP contribution >= 0.6 is 0 Å². The molecule has 0 radical (unpaired) electrons. The van der Waals surface area contributed by atoms with Crippen LogP contribution in [0.4, 0.5) is 4.79 Å². The summed E-state index contributed by atoms with van der Waals surface area (Å²) < 4.78 is 10.5. The lowest BCUT2D eigenvalue weighted by Gasteiger charge is -2.28. The van der Waals surface area contributed by atoms with Gasteiger partial charge in [0.1, 0.15) is 5.75 Å². The van der Waals surface area contributed by atoms with Gasteiger partial charge >= 0.3 is 6.09 Å². The highest BCUT2D eigenvalue weighted by Gasteiger charge is 2.29. The molecule has 0 bridgehead atoms. The summed E-state index contributed by atoms with van der Waals surface area (Å²) in [5.41, 5.74) is 1.69. The van der Waals surface area contributed by atoms with E-state index < -0.39 is 6.09 Å². The van der Waals surface area contributed by atoms with Gasteiger partial charge in [0.15, 0.2) is 11.5 Å². The molecule has 1 atom stereocenters. The van der Waals surface area contributed by atoms with Gasteiger partial charge < -0.3 is 19.9 Å². The van der Waals surface area contributed by atoms with E-state index in [0.717, 1.165) is 21.9 Å². The van der Waals surface area contributed by atoms with Gasteiger partial charge in [-0.25, -0.2) is 4.79 Å². The number of carbonyl (C=O) groups is 1. The maximum atomic E-state index is 12.0. The first-order valence-corrected chi connectivity index (χ1v) is 7.54. The number of aromatic hydroxyl groups is 1. The van der Waals surface area contributed by atoms with E-state index in [1.165, 1.54) is 7.11 Å².